The fraction of sp³-hybridized carbons (Fsp3) is 0.636. The van der Waals surface area contributed by atoms with Gasteiger partial charge in [-0.2, -0.15) is 5.10 Å². The summed E-state index contributed by atoms with van der Waals surface area (Å²) in [6, 6.07) is 1.91. The fourth-order valence-electron chi connectivity index (χ4n) is 1.88. The SMILES string of the molecule is Cc1ccn(CC(=O)N2CCCNCC2)n1. The summed E-state index contributed by atoms with van der Waals surface area (Å²) in [4.78, 5) is 13.9. The van der Waals surface area contributed by atoms with E-state index >= 15 is 0 Å². The molecule has 0 saturated carbocycles. The molecule has 2 rings (SSSR count). The second-order valence-corrected chi connectivity index (χ2v) is 4.14. The molecule has 1 aliphatic rings. The van der Waals surface area contributed by atoms with Crippen LogP contribution in [-0.4, -0.2) is 46.8 Å². The Morgan fingerprint density at radius 1 is 1.50 bits per heavy atom. The van der Waals surface area contributed by atoms with Gasteiger partial charge in [0.1, 0.15) is 6.54 Å². The number of rotatable bonds is 2. The van der Waals surface area contributed by atoms with E-state index in [9.17, 15) is 4.79 Å². The summed E-state index contributed by atoms with van der Waals surface area (Å²) >= 11 is 0. The molecule has 0 aliphatic carbocycles. The van der Waals surface area contributed by atoms with Crippen molar-refractivity contribution in [2.24, 2.45) is 0 Å². The molecule has 0 atom stereocenters. The quantitative estimate of drug-likeness (QED) is 0.767. The molecule has 1 N–H and O–H groups in total. The highest BCUT2D eigenvalue weighted by Gasteiger charge is 2.15. The molecule has 1 aromatic heterocycles. The molecule has 1 aromatic rings. The van der Waals surface area contributed by atoms with Crippen molar-refractivity contribution < 1.29 is 4.79 Å². The van der Waals surface area contributed by atoms with Crippen LogP contribution < -0.4 is 5.32 Å². The average Bonchev–Trinajstić information content (AvgIpc) is 2.56. The van der Waals surface area contributed by atoms with Crippen LogP contribution in [0, 0.1) is 6.92 Å². The van der Waals surface area contributed by atoms with Gasteiger partial charge < -0.3 is 10.2 Å². The second-order valence-electron chi connectivity index (χ2n) is 4.14. The molecule has 2 heterocycles. The summed E-state index contributed by atoms with van der Waals surface area (Å²) in [7, 11) is 0. The molecule has 0 unspecified atom stereocenters. The summed E-state index contributed by atoms with van der Waals surface area (Å²) < 4.78 is 1.70. The topological polar surface area (TPSA) is 50.2 Å². The number of nitrogens with zero attached hydrogens (tertiary/aromatic N) is 3. The highest BCUT2D eigenvalue weighted by molar-refractivity contribution is 5.75. The summed E-state index contributed by atoms with van der Waals surface area (Å²) in [6.45, 7) is 5.84. The van der Waals surface area contributed by atoms with Crippen molar-refractivity contribution in [2.45, 2.75) is 19.9 Å². The number of aryl methyl sites for hydroxylation is 1. The Balaban J connectivity index is 1.91. The molecule has 1 amide bonds. The molecular formula is C11H18N4O. The van der Waals surface area contributed by atoms with Gasteiger partial charge in [-0.15, -0.1) is 0 Å². The minimum absolute atomic E-state index is 0.159. The predicted molar refractivity (Wildman–Crippen MR) is 61.0 cm³/mol. The zero-order chi connectivity index (χ0) is 11.4. The average molecular weight is 222 g/mol. The van der Waals surface area contributed by atoms with Gasteiger partial charge in [0.2, 0.25) is 5.91 Å². The van der Waals surface area contributed by atoms with E-state index in [4.69, 9.17) is 0 Å². The molecule has 1 fully saturated rings. The van der Waals surface area contributed by atoms with Gasteiger partial charge in [0.25, 0.3) is 0 Å². The van der Waals surface area contributed by atoms with Gasteiger partial charge >= 0.3 is 0 Å². The Kier molecular flexibility index (Phi) is 3.56. The van der Waals surface area contributed by atoms with E-state index in [0.29, 0.717) is 6.54 Å². The number of carbonyl (C=O) groups excluding carboxylic acids is 1. The first kappa shape index (κ1) is 11.1. The molecule has 5 heteroatoms. The normalized spacial score (nSPS) is 17.2. The second kappa shape index (κ2) is 5.12. The van der Waals surface area contributed by atoms with Crippen LogP contribution in [0.4, 0.5) is 0 Å². The predicted octanol–water partition coefficient (Wildman–Crippen LogP) is 0.0134. The van der Waals surface area contributed by atoms with Gasteiger partial charge in [0, 0.05) is 25.8 Å². The monoisotopic (exact) mass is 222 g/mol. The van der Waals surface area contributed by atoms with Crippen LogP contribution in [0.5, 0.6) is 0 Å². The molecule has 0 bridgehead atoms. The summed E-state index contributed by atoms with van der Waals surface area (Å²) in [5.41, 5.74) is 0.949. The van der Waals surface area contributed by atoms with E-state index in [1.54, 1.807) is 4.68 Å². The van der Waals surface area contributed by atoms with E-state index in [0.717, 1.165) is 38.3 Å². The number of aromatic nitrogens is 2. The van der Waals surface area contributed by atoms with E-state index in [1.807, 2.05) is 24.1 Å². The zero-order valence-corrected chi connectivity index (χ0v) is 9.65. The molecule has 5 nitrogen and oxygen atoms in total. The first-order valence-corrected chi connectivity index (χ1v) is 5.74. The number of hydrogen-bond acceptors (Lipinski definition) is 3. The zero-order valence-electron chi connectivity index (χ0n) is 9.65. The first-order valence-electron chi connectivity index (χ1n) is 5.74. The van der Waals surface area contributed by atoms with Crippen LogP contribution in [0.2, 0.25) is 0 Å². The maximum Gasteiger partial charge on any atom is 0.244 e. The molecule has 1 saturated heterocycles. The lowest BCUT2D eigenvalue weighted by Gasteiger charge is -2.19. The molecule has 1 aliphatic heterocycles. The number of carbonyl (C=O) groups is 1. The van der Waals surface area contributed by atoms with Crippen LogP contribution in [0.3, 0.4) is 0 Å². The van der Waals surface area contributed by atoms with Gasteiger partial charge in [-0.3, -0.25) is 9.48 Å². The minimum Gasteiger partial charge on any atom is -0.340 e. The number of hydrogen-bond donors (Lipinski definition) is 1. The van der Waals surface area contributed by atoms with E-state index < -0.39 is 0 Å². The van der Waals surface area contributed by atoms with Gasteiger partial charge in [-0.25, -0.2) is 0 Å². The molecule has 0 radical (unpaired) electrons. The maximum absolute atomic E-state index is 12.0. The maximum atomic E-state index is 12.0. The highest BCUT2D eigenvalue weighted by atomic mass is 16.2. The highest BCUT2D eigenvalue weighted by Crippen LogP contribution is 1.99. The lowest BCUT2D eigenvalue weighted by Crippen LogP contribution is -2.36. The van der Waals surface area contributed by atoms with Crippen LogP contribution in [0.15, 0.2) is 12.3 Å². The third kappa shape index (κ3) is 2.82. The van der Waals surface area contributed by atoms with Gasteiger partial charge in [0.05, 0.1) is 5.69 Å². The lowest BCUT2D eigenvalue weighted by atomic mass is 10.4. The molecule has 88 valence electrons. The Morgan fingerprint density at radius 3 is 3.12 bits per heavy atom. The fourth-order valence-corrected chi connectivity index (χ4v) is 1.88. The van der Waals surface area contributed by atoms with Crippen molar-refractivity contribution in [3.05, 3.63) is 18.0 Å². The Bertz CT molecular complexity index is 353. The van der Waals surface area contributed by atoms with Crippen molar-refractivity contribution in [3.8, 4) is 0 Å². The van der Waals surface area contributed by atoms with Crippen LogP contribution in [0.1, 0.15) is 12.1 Å². The van der Waals surface area contributed by atoms with Crippen LogP contribution in [-0.2, 0) is 11.3 Å². The Hall–Kier alpha value is -1.36. The number of nitrogens with one attached hydrogen (secondary N) is 1. The summed E-state index contributed by atoms with van der Waals surface area (Å²) in [5.74, 6) is 0.159. The molecule has 16 heavy (non-hydrogen) atoms. The molecular weight excluding hydrogens is 204 g/mol. The number of amides is 1. The molecule has 0 aromatic carbocycles. The van der Waals surface area contributed by atoms with Crippen LogP contribution >= 0.6 is 0 Å². The van der Waals surface area contributed by atoms with Gasteiger partial charge in [-0.05, 0) is 26.0 Å². The smallest absolute Gasteiger partial charge is 0.244 e. The van der Waals surface area contributed by atoms with Gasteiger partial charge in [0.15, 0.2) is 0 Å². The first-order chi connectivity index (χ1) is 7.75. The molecule has 0 spiro atoms. The largest absolute Gasteiger partial charge is 0.340 e. The van der Waals surface area contributed by atoms with E-state index in [2.05, 4.69) is 10.4 Å². The summed E-state index contributed by atoms with van der Waals surface area (Å²) in [5, 5.41) is 7.51. The van der Waals surface area contributed by atoms with E-state index in [1.165, 1.54) is 0 Å². The summed E-state index contributed by atoms with van der Waals surface area (Å²) in [6.07, 6.45) is 2.88. The van der Waals surface area contributed by atoms with Crippen molar-refractivity contribution >= 4 is 5.91 Å². The third-order valence-corrected chi connectivity index (χ3v) is 2.76. The van der Waals surface area contributed by atoms with Crippen LogP contribution in [0.25, 0.3) is 0 Å². The van der Waals surface area contributed by atoms with Crippen molar-refractivity contribution in [2.75, 3.05) is 26.2 Å². The Labute approximate surface area is 95.4 Å². The Morgan fingerprint density at radius 2 is 2.38 bits per heavy atom. The van der Waals surface area contributed by atoms with E-state index in [-0.39, 0.29) is 5.91 Å². The van der Waals surface area contributed by atoms with Crippen molar-refractivity contribution in [1.82, 2.24) is 20.0 Å². The van der Waals surface area contributed by atoms with Crippen molar-refractivity contribution in [1.29, 1.82) is 0 Å². The minimum atomic E-state index is 0.159. The third-order valence-electron chi connectivity index (χ3n) is 2.76. The lowest BCUT2D eigenvalue weighted by molar-refractivity contribution is -0.131. The standard InChI is InChI=1S/C11H18N4O/c1-10-3-7-15(13-10)9-11(16)14-6-2-4-12-5-8-14/h3,7,12H,2,4-6,8-9H2,1H3. The van der Waals surface area contributed by atoms with Crippen molar-refractivity contribution in [3.63, 3.8) is 0 Å². The van der Waals surface area contributed by atoms with Gasteiger partial charge in [-0.1, -0.05) is 0 Å².